The molecule has 0 aromatic heterocycles. The molecule has 1 saturated heterocycles. The second-order valence-corrected chi connectivity index (χ2v) is 4.60. The molecule has 2 unspecified atom stereocenters. The fourth-order valence-corrected chi connectivity index (χ4v) is 2.20. The van der Waals surface area contributed by atoms with Crippen molar-refractivity contribution in [2.24, 2.45) is 5.92 Å². The van der Waals surface area contributed by atoms with Crippen LogP contribution in [0.25, 0.3) is 0 Å². The molecule has 1 fully saturated rings. The van der Waals surface area contributed by atoms with Crippen LogP contribution < -0.4 is 10.1 Å². The number of methoxy groups -OCH3 is 1. The van der Waals surface area contributed by atoms with Gasteiger partial charge in [-0.25, -0.2) is 0 Å². The molecule has 1 aromatic carbocycles. The third-order valence-corrected chi connectivity index (χ3v) is 3.34. The maximum absolute atomic E-state index is 11.9. The smallest absolute Gasteiger partial charge is 0.310 e. The summed E-state index contributed by atoms with van der Waals surface area (Å²) < 4.78 is 10.5. The van der Waals surface area contributed by atoms with E-state index >= 15 is 0 Å². The van der Waals surface area contributed by atoms with E-state index in [1.165, 1.54) is 0 Å². The van der Waals surface area contributed by atoms with Crippen LogP contribution in [-0.4, -0.2) is 25.7 Å². The highest BCUT2D eigenvalue weighted by Gasteiger charge is 2.30. The van der Waals surface area contributed by atoms with Gasteiger partial charge in [0.15, 0.2) is 0 Å². The molecule has 4 nitrogen and oxygen atoms in total. The average molecular weight is 249 g/mol. The van der Waals surface area contributed by atoms with E-state index in [1.54, 1.807) is 7.11 Å². The van der Waals surface area contributed by atoms with Crippen LogP contribution >= 0.6 is 0 Å². The minimum atomic E-state index is -0.115. The zero-order valence-electron chi connectivity index (χ0n) is 10.8. The van der Waals surface area contributed by atoms with Crippen molar-refractivity contribution in [2.75, 3.05) is 13.7 Å². The van der Waals surface area contributed by atoms with Gasteiger partial charge in [-0.05, 0) is 37.6 Å². The molecule has 0 bridgehead atoms. The quantitative estimate of drug-likeness (QED) is 0.826. The Morgan fingerprint density at radius 2 is 2.33 bits per heavy atom. The van der Waals surface area contributed by atoms with Crippen molar-refractivity contribution in [1.82, 2.24) is 5.32 Å². The lowest BCUT2D eigenvalue weighted by molar-refractivity contribution is -0.150. The fourth-order valence-electron chi connectivity index (χ4n) is 2.20. The number of carbonyl (C=O) groups excluding carboxylic acids is 1. The normalized spacial score (nSPS) is 22.8. The van der Waals surface area contributed by atoms with Crippen molar-refractivity contribution in [1.29, 1.82) is 0 Å². The number of ether oxygens (including phenoxy) is 2. The number of esters is 1. The lowest BCUT2D eigenvalue weighted by atomic mass is 10.0. The Morgan fingerprint density at radius 1 is 1.50 bits per heavy atom. The summed E-state index contributed by atoms with van der Waals surface area (Å²) in [6, 6.07) is 7.77. The van der Waals surface area contributed by atoms with Gasteiger partial charge >= 0.3 is 5.97 Å². The third kappa shape index (κ3) is 3.01. The first kappa shape index (κ1) is 12.9. The van der Waals surface area contributed by atoms with Crippen LogP contribution in [0.4, 0.5) is 0 Å². The molecule has 2 rings (SSSR count). The Bertz CT molecular complexity index is 419. The Balaban J connectivity index is 1.88. The van der Waals surface area contributed by atoms with E-state index in [9.17, 15) is 4.79 Å². The highest BCUT2D eigenvalue weighted by atomic mass is 16.5. The number of rotatable bonds is 4. The molecule has 98 valence electrons. The summed E-state index contributed by atoms with van der Waals surface area (Å²) in [6.45, 7) is 3.21. The topological polar surface area (TPSA) is 47.6 Å². The maximum Gasteiger partial charge on any atom is 0.310 e. The molecule has 0 saturated carbocycles. The molecule has 1 aliphatic rings. The molecule has 0 aliphatic carbocycles. The number of nitrogens with one attached hydrogen (secondary N) is 1. The van der Waals surface area contributed by atoms with E-state index in [4.69, 9.17) is 9.47 Å². The van der Waals surface area contributed by atoms with Gasteiger partial charge in [0.05, 0.1) is 13.0 Å². The van der Waals surface area contributed by atoms with Gasteiger partial charge < -0.3 is 14.8 Å². The Kier molecular flexibility index (Phi) is 4.20. The molecule has 1 N–H and O–H groups in total. The third-order valence-electron chi connectivity index (χ3n) is 3.34. The van der Waals surface area contributed by atoms with Gasteiger partial charge in [0.2, 0.25) is 0 Å². The Hall–Kier alpha value is -1.55. The highest BCUT2D eigenvalue weighted by Crippen LogP contribution is 2.18. The molecule has 2 atom stereocenters. The molecule has 1 aliphatic heterocycles. The van der Waals surface area contributed by atoms with Crippen LogP contribution in [0.15, 0.2) is 24.3 Å². The number of hydrogen-bond donors (Lipinski definition) is 1. The number of carbonyl (C=O) groups is 1. The first-order valence-electron chi connectivity index (χ1n) is 6.23. The van der Waals surface area contributed by atoms with Crippen molar-refractivity contribution < 1.29 is 14.3 Å². The lowest BCUT2D eigenvalue weighted by Crippen LogP contribution is -2.29. The van der Waals surface area contributed by atoms with Gasteiger partial charge in [-0.1, -0.05) is 12.1 Å². The van der Waals surface area contributed by atoms with E-state index in [2.05, 4.69) is 5.32 Å². The Labute approximate surface area is 107 Å². The van der Waals surface area contributed by atoms with Gasteiger partial charge in [-0.15, -0.1) is 0 Å². The van der Waals surface area contributed by atoms with Crippen molar-refractivity contribution >= 4 is 5.97 Å². The van der Waals surface area contributed by atoms with E-state index in [0.29, 0.717) is 6.61 Å². The zero-order valence-corrected chi connectivity index (χ0v) is 10.8. The average Bonchev–Trinajstić information content (AvgIpc) is 2.82. The number of benzene rings is 1. The summed E-state index contributed by atoms with van der Waals surface area (Å²) in [4.78, 5) is 11.9. The summed E-state index contributed by atoms with van der Waals surface area (Å²) in [6.07, 6.45) is 0.859. The Morgan fingerprint density at radius 3 is 3.00 bits per heavy atom. The van der Waals surface area contributed by atoms with Gasteiger partial charge in [-0.3, -0.25) is 4.79 Å². The predicted octanol–water partition coefficient (Wildman–Crippen LogP) is 1.74. The summed E-state index contributed by atoms with van der Waals surface area (Å²) in [5, 5.41) is 3.25. The molecule has 1 heterocycles. The molecular formula is C14H19NO3. The minimum absolute atomic E-state index is 0.0180. The molecule has 1 aromatic rings. The van der Waals surface area contributed by atoms with E-state index in [-0.39, 0.29) is 17.9 Å². The second-order valence-electron chi connectivity index (χ2n) is 4.60. The summed E-state index contributed by atoms with van der Waals surface area (Å²) >= 11 is 0. The summed E-state index contributed by atoms with van der Waals surface area (Å²) in [7, 11) is 1.62. The van der Waals surface area contributed by atoms with Crippen LogP contribution in [0.2, 0.25) is 0 Å². The SMILES string of the molecule is COc1cccc(COC(=O)C2CCNC2C)c1. The van der Waals surface area contributed by atoms with Crippen molar-refractivity contribution in [2.45, 2.75) is 26.0 Å². The predicted molar refractivity (Wildman–Crippen MR) is 68.4 cm³/mol. The molecule has 0 amide bonds. The van der Waals surface area contributed by atoms with Gasteiger partial charge in [0, 0.05) is 6.04 Å². The first-order chi connectivity index (χ1) is 8.70. The van der Waals surface area contributed by atoms with Crippen LogP contribution in [0.3, 0.4) is 0 Å². The zero-order chi connectivity index (χ0) is 13.0. The van der Waals surface area contributed by atoms with Crippen LogP contribution in [0, 0.1) is 5.92 Å². The van der Waals surface area contributed by atoms with Crippen molar-refractivity contribution in [3.63, 3.8) is 0 Å². The highest BCUT2D eigenvalue weighted by molar-refractivity contribution is 5.73. The molecular weight excluding hydrogens is 230 g/mol. The fraction of sp³-hybridized carbons (Fsp3) is 0.500. The van der Waals surface area contributed by atoms with Gasteiger partial charge in [-0.2, -0.15) is 0 Å². The standard InChI is InChI=1S/C14H19NO3/c1-10-13(6-7-15-10)14(16)18-9-11-4-3-5-12(8-11)17-2/h3-5,8,10,13,15H,6-7,9H2,1-2H3. The van der Waals surface area contributed by atoms with Crippen molar-refractivity contribution in [3.05, 3.63) is 29.8 Å². The van der Waals surface area contributed by atoms with Crippen molar-refractivity contribution in [3.8, 4) is 5.75 Å². The minimum Gasteiger partial charge on any atom is -0.497 e. The van der Waals surface area contributed by atoms with Gasteiger partial charge in [0.1, 0.15) is 12.4 Å². The van der Waals surface area contributed by atoms with Crippen LogP contribution in [-0.2, 0) is 16.1 Å². The van der Waals surface area contributed by atoms with E-state index < -0.39 is 0 Å². The summed E-state index contributed by atoms with van der Waals surface area (Å²) in [5.41, 5.74) is 0.946. The van der Waals surface area contributed by atoms with Crippen LogP contribution in [0.5, 0.6) is 5.75 Å². The molecule has 18 heavy (non-hydrogen) atoms. The molecule has 4 heteroatoms. The molecule has 0 radical (unpaired) electrons. The van der Waals surface area contributed by atoms with E-state index in [1.807, 2.05) is 31.2 Å². The molecule has 0 spiro atoms. The number of hydrogen-bond acceptors (Lipinski definition) is 4. The van der Waals surface area contributed by atoms with Gasteiger partial charge in [0.25, 0.3) is 0 Å². The summed E-state index contributed by atoms with van der Waals surface area (Å²) in [5.74, 6) is 0.644. The largest absolute Gasteiger partial charge is 0.497 e. The second kappa shape index (κ2) is 5.87. The van der Waals surface area contributed by atoms with E-state index in [0.717, 1.165) is 24.3 Å². The maximum atomic E-state index is 11.9. The monoisotopic (exact) mass is 249 g/mol. The lowest BCUT2D eigenvalue weighted by Gasteiger charge is -2.14. The van der Waals surface area contributed by atoms with Crippen LogP contribution in [0.1, 0.15) is 18.9 Å². The first-order valence-corrected chi connectivity index (χ1v) is 6.23.